The van der Waals surface area contributed by atoms with Crippen LogP contribution in [0.1, 0.15) is 35.3 Å². The second-order valence-corrected chi connectivity index (χ2v) is 6.50. The Morgan fingerprint density at radius 2 is 2.08 bits per heavy atom. The monoisotopic (exact) mass is 353 g/mol. The minimum Gasteiger partial charge on any atom is -0.505 e. The summed E-state index contributed by atoms with van der Waals surface area (Å²) < 4.78 is 1.56. The molecule has 1 amide bonds. The number of Topliss-reactive ketones (excluding diaryl/α,β-unsaturated/α-hetero) is 1. The van der Waals surface area contributed by atoms with Crippen LogP contribution in [0.4, 0.5) is 5.82 Å². The van der Waals surface area contributed by atoms with Gasteiger partial charge >= 0.3 is 0 Å². The Kier molecular flexibility index (Phi) is 4.66. The second kappa shape index (κ2) is 6.91. The zero-order chi connectivity index (χ0) is 18.8. The number of primary amides is 1. The summed E-state index contributed by atoms with van der Waals surface area (Å²) >= 11 is 0. The largest absolute Gasteiger partial charge is 0.505 e. The SMILES string of the molecule is CC(C)Cn1cc(C(N)=O)c(N=NC2=C(O)c3ccccc3CC2=O)n1. The third kappa shape index (κ3) is 3.39. The molecular formula is C18H19N5O3. The number of azo groups is 1. The van der Waals surface area contributed by atoms with Crippen molar-refractivity contribution in [1.29, 1.82) is 0 Å². The first-order valence-corrected chi connectivity index (χ1v) is 8.20. The summed E-state index contributed by atoms with van der Waals surface area (Å²) in [6.45, 7) is 4.59. The quantitative estimate of drug-likeness (QED) is 0.802. The molecule has 0 fully saturated rings. The number of hydrogen-bond donors (Lipinski definition) is 2. The number of allylic oxidation sites excluding steroid dienone is 1. The third-order valence-corrected chi connectivity index (χ3v) is 3.92. The van der Waals surface area contributed by atoms with Crippen LogP contribution in [-0.4, -0.2) is 26.6 Å². The molecular weight excluding hydrogens is 334 g/mol. The molecule has 0 spiro atoms. The number of aliphatic hydroxyl groups excluding tert-OH is 1. The van der Waals surface area contributed by atoms with E-state index in [9.17, 15) is 14.7 Å². The normalized spacial score (nSPS) is 14.3. The van der Waals surface area contributed by atoms with Crippen LogP contribution in [-0.2, 0) is 17.8 Å². The topological polar surface area (TPSA) is 123 Å². The lowest BCUT2D eigenvalue weighted by molar-refractivity contribution is -0.115. The van der Waals surface area contributed by atoms with Gasteiger partial charge in [0.2, 0.25) is 5.82 Å². The summed E-state index contributed by atoms with van der Waals surface area (Å²) in [4.78, 5) is 23.9. The third-order valence-electron chi connectivity index (χ3n) is 3.92. The van der Waals surface area contributed by atoms with Gasteiger partial charge in [0, 0.05) is 24.7 Å². The Morgan fingerprint density at radius 1 is 1.35 bits per heavy atom. The van der Waals surface area contributed by atoms with Crippen molar-refractivity contribution >= 4 is 23.3 Å². The van der Waals surface area contributed by atoms with Gasteiger partial charge in [-0.3, -0.25) is 14.3 Å². The molecule has 1 aromatic carbocycles. The lowest BCUT2D eigenvalue weighted by atomic mass is 9.93. The van der Waals surface area contributed by atoms with Crippen LogP contribution in [0.15, 0.2) is 46.4 Å². The Balaban J connectivity index is 1.98. The van der Waals surface area contributed by atoms with E-state index in [1.807, 2.05) is 13.8 Å². The van der Waals surface area contributed by atoms with Crippen LogP contribution < -0.4 is 5.73 Å². The van der Waals surface area contributed by atoms with Crippen molar-refractivity contribution < 1.29 is 14.7 Å². The second-order valence-electron chi connectivity index (χ2n) is 6.50. The van der Waals surface area contributed by atoms with Crippen LogP contribution in [0.3, 0.4) is 0 Å². The van der Waals surface area contributed by atoms with E-state index in [0.29, 0.717) is 18.0 Å². The van der Waals surface area contributed by atoms with Crippen molar-refractivity contribution in [3.8, 4) is 0 Å². The fourth-order valence-electron chi connectivity index (χ4n) is 2.75. The maximum Gasteiger partial charge on any atom is 0.254 e. The van der Waals surface area contributed by atoms with E-state index < -0.39 is 5.91 Å². The molecule has 134 valence electrons. The molecule has 1 aliphatic carbocycles. The lowest BCUT2D eigenvalue weighted by Gasteiger charge is -2.15. The molecule has 0 atom stereocenters. The zero-order valence-electron chi connectivity index (χ0n) is 14.5. The maximum absolute atomic E-state index is 12.3. The molecule has 1 aliphatic rings. The van der Waals surface area contributed by atoms with Gasteiger partial charge in [-0.15, -0.1) is 10.2 Å². The van der Waals surface area contributed by atoms with Crippen LogP contribution in [0.25, 0.3) is 5.76 Å². The molecule has 2 aromatic rings. The van der Waals surface area contributed by atoms with Crippen LogP contribution in [0, 0.1) is 5.92 Å². The van der Waals surface area contributed by atoms with Crippen molar-refractivity contribution in [2.75, 3.05) is 0 Å². The van der Waals surface area contributed by atoms with Crippen molar-refractivity contribution in [2.24, 2.45) is 21.9 Å². The molecule has 0 radical (unpaired) electrons. The minimum absolute atomic E-state index is 0.0186. The van der Waals surface area contributed by atoms with Gasteiger partial charge < -0.3 is 10.8 Å². The first-order valence-electron chi connectivity index (χ1n) is 8.20. The minimum atomic E-state index is -0.688. The van der Waals surface area contributed by atoms with E-state index in [2.05, 4.69) is 15.3 Å². The Labute approximate surface area is 150 Å². The molecule has 0 unspecified atom stereocenters. The first-order chi connectivity index (χ1) is 12.4. The van der Waals surface area contributed by atoms with Crippen molar-refractivity contribution in [1.82, 2.24) is 9.78 Å². The summed E-state index contributed by atoms with van der Waals surface area (Å²) in [6, 6.07) is 7.04. The first kappa shape index (κ1) is 17.5. The highest BCUT2D eigenvalue weighted by molar-refractivity contribution is 6.05. The van der Waals surface area contributed by atoms with Gasteiger partial charge in [-0.25, -0.2) is 0 Å². The predicted molar refractivity (Wildman–Crippen MR) is 94.8 cm³/mol. The van der Waals surface area contributed by atoms with Gasteiger partial charge in [-0.1, -0.05) is 38.1 Å². The Hall–Kier alpha value is -3.29. The number of carbonyl (C=O) groups is 2. The van der Waals surface area contributed by atoms with Crippen molar-refractivity contribution in [3.05, 3.63) is 52.8 Å². The molecule has 0 bridgehead atoms. The number of benzene rings is 1. The van der Waals surface area contributed by atoms with E-state index >= 15 is 0 Å². The van der Waals surface area contributed by atoms with E-state index in [1.54, 1.807) is 28.9 Å². The highest BCUT2D eigenvalue weighted by Gasteiger charge is 2.25. The molecule has 3 N–H and O–H groups in total. The Bertz CT molecular complexity index is 940. The number of nitrogens with zero attached hydrogens (tertiary/aromatic N) is 4. The number of ketones is 1. The van der Waals surface area contributed by atoms with Crippen LogP contribution in [0.2, 0.25) is 0 Å². The van der Waals surface area contributed by atoms with Gasteiger partial charge in [-0.05, 0) is 11.5 Å². The van der Waals surface area contributed by atoms with E-state index in [4.69, 9.17) is 5.73 Å². The molecule has 26 heavy (non-hydrogen) atoms. The molecule has 3 rings (SSSR count). The average Bonchev–Trinajstić information content (AvgIpc) is 2.97. The molecule has 0 aliphatic heterocycles. The van der Waals surface area contributed by atoms with Gasteiger partial charge in [0.25, 0.3) is 5.91 Å². The van der Waals surface area contributed by atoms with Gasteiger partial charge in [0.1, 0.15) is 5.56 Å². The number of aromatic nitrogens is 2. The number of nitrogens with two attached hydrogens (primary N) is 1. The lowest BCUT2D eigenvalue weighted by Crippen LogP contribution is -2.14. The molecule has 1 aromatic heterocycles. The highest BCUT2D eigenvalue weighted by Crippen LogP contribution is 2.29. The zero-order valence-corrected chi connectivity index (χ0v) is 14.5. The molecule has 0 saturated heterocycles. The van der Waals surface area contributed by atoms with Crippen molar-refractivity contribution in [3.63, 3.8) is 0 Å². The number of rotatable bonds is 5. The fourth-order valence-corrected chi connectivity index (χ4v) is 2.75. The maximum atomic E-state index is 12.3. The fraction of sp³-hybridized carbons (Fsp3) is 0.278. The summed E-state index contributed by atoms with van der Waals surface area (Å²) in [5.74, 6) is -0.948. The van der Waals surface area contributed by atoms with E-state index in [1.165, 1.54) is 6.20 Å². The van der Waals surface area contributed by atoms with E-state index in [0.717, 1.165) is 5.56 Å². The summed E-state index contributed by atoms with van der Waals surface area (Å²) in [5.41, 5.74) is 6.59. The molecule has 8 nitrogen and oxygen atoms in total. The molecule has 0 saturated carbocycles. The number of amides is 1. The summed E-state index contributed by atoms with van der Waals surface area (Å²) in [6.07, 6.45) is 1.63. The highest BCUT2D eigenvalue weighted by atomic mass is 16.3. The van der Waals surface area contributed by atoms with Crippen LogP contribution in [0.5, 0.6) is 0 Å². The Morgan fingerprint density at radius 3 is 2.77 bits per heavy atom. The smallest absolute Gasteiger partial charge is 0.254 e. The van der Waals surface area contributed by atoms with Crippen LogP contribution >= 0.6 is 0 Å². The number of carbonyl (C=O) groups excluding carboxylic acids is 2. The van der Waals surface area contributed by atoms with E-state index in [-0.39, 0.29) is 35.0 Å². The molecule has 8 heteroatoms. The van der Waals surface area contributed by atoms with Gasteiger partial charge in [0.15, 0.2) is 17.2 Å². The number of aliphatic hydroxyl groups is 1. The summed E-state index contributed by atoms with van der Waals surface area (Å²) in [5, 5.41) is 22.3. The number of hydrogen-bond acceptors (Lipinski definition) is 6. The van der Waals surface area contributed by atoms with Gasteiger partial charge in [0.05, 0.1) is 0 Å². The predicted octanol–water partition coefficient (Wildman–Crippen LogP) is 2.77. The summed E-state index contributed by atoms with van der Waals surface area (Å²) in [7, 11) is 0. The number of fused-ring (bicyclic) bond motifs is 1. The van der Waals surface area contributed by atoms with Gasteiger partial charge in [-0.2, -0.15) is 5.10 Å². The average molecular weight is 353 g/mol. The van der Waals surface area contributed by atoms with Crippen molar-refractivity contribution in [2.45, 2.75) is 26.8 Å². The standard InChI is InChI=1S/C18H19N5O3/c1-10(2)8-23-9-13(17(19)26)18(22-23)21-20-15-14(24)7-11-5-3-4-6-12(11)16(15)25/h3-6,9-10,25H,7-8H2,1-2H3,(H2,19,26). The molecule has 1 heterocycles.